The van der Waals surface area contributed by atoms with E-state index in [1.807, 2.05) is 48.5 Å². The molecule has 0 aliphatic rings. The molecule has 0 atom stereocenters. The molecule has 0 bridgehead atoms. The highest BCUT2D eigenvalue weighted by atomic mass is 16.1. The third-order valence-corrected chi connectivity index (χ3v) is 4.97. The summed E-state index contributed by atoms with van der Waals surface area (Å²) in [6.45, 7) is 0. The van der Waals surface area contributed by atoms with Crippen molar-refractivity contribution in [3.8, 4) is 11.1 Å². The molecule has 5 rings (SSSR count). The van der Waals surface area contributed by atoms with Crippen LogP contribution in [0, 0.1) is 0 Å². The van der Waals surface area contributed by atoms with Gasteiger partial charge in [-0.1, -0.05) is 42.5 Å². The van der Waals surface area contributed by atoms with Crippen molar-refractivity contribution in [2.45, 2.75) is 0 Å². The minimum Gasteiger partial charge on any atom is -0.338 e. The van der Waals surface area contributed by atoms with Gasteiger partial charge in [0.05, 0.1) is 5.52 Å². The molecule has 0 amide bonds. The number of pyridine rings is 2. The quantitative estimate of drug-likeness (QED) is 0.434. The van der Waals surface area contributed by atoms with E-state index in [-0.39, 0.29) is 16.5 Å². The molecule has 3 heterocycles. The highest BCUT2D eigenvalue weighted by Crippen LogP contribution is 2.24. The standard InChI is InChI=1S/C22H15N3O2/c1-24-17-11-10-15(14-7-3-2-4-8-14)13-16(17)21(26)19-20(24)22(27)25-12-6-5-9-18(25)23-19/h2-13H,1H3. The predicted octanol–water partition coefficient (Wildman–Crippen LogP) is 3.37. The monoisotopic (exact) mass is 353 g/mol. The van der Waals surface area contributed by atoms with E-state index in [9.17, 15) is 9.59 Å². The summed E-state index contributed by atoms with van der Waals surface area (Å²) in [4.78, 5) is 30.6. The number of hydrogen-bond donors (Lipinski definition) is 0. The number of aromatic nitrogens is 3. The van der Waals surface area contributed by atoms with Crippen LogP contribution in [-0.4, -0.2) is 14.0 Å². The molecule has 5 aromatic rings. The summed E-state index contributed by atoms with van der Waals surface area (Å²) < 4.78 is 3.22. The molecular weight excluding hydrogens is 338 g/mol. The van der Waals surface area contributed by atoms with Gasteiger partial charge in [0.1, 0.15) is 16.7 Å². The normalized spacial score (nSPS) is 11.4. The molecule has 2 aromatic carbocycles. The molecule has 0 aliphatic carbocycles. The Morgan fingerprint density at radius 1 is 0.852 bits per heavy atom. The smallest absolute Gasteiger partial charge is 0.282 e. The van der Waals surface area contributed by atoms with Gasteiger partial charge in [0.2, 0.25) is 5.43 Å². The fourth-order valence-corrected chi connectivity index (χ4v) is 3.61. The minimum atomic E-state index is -0.246. The van der Waals surface area contributed by atoms with Crippen molar-refractivity contribution in [3.63, 3.8) is 0 Å². The fourth-order valence-electron chi connectivity index (χ4n) is 3.61. The first-order valence-corrected chi connectivity index (χ1v) is 8.64. The zero-order valence-corrected chi connectivity index (χ0v) is 14.6. The van der Waals surface area contributed by atoms with E-state index >= 15 is 0 Å². The first-order chi connectivity index (χ1) is 13.1. The number of rotatable bonds is 1. The second-order valence-corrected chi connectivity index (χ2v) is 6.53. The maximum absolute atomic E-state index is 13.2. The molecule has 0 spiro atoms. The third-order valence-electron chi connectivity index (χ3n) is 4.97. The van der Waals surface area contributed by atoms with Crippen LogP contribution in [0.5, 0.6) is 0 Å². The van der Waals surface area contributed by atoms with Crippen LogP contribution in [-0.2, 0) is 7.05 Å². The van der Waals surface area contributed by atoms with Gasteiger partial charge in [-0.15, -0.1) is 0 Å². The van der Waals surface area contributed by atoms with Crippen molar-refractivity contribution >= 4 is 27.6 Å². The average molecular weight is 353 g/mol. The maximum Gasteiger partial charge on any atom is 0.282 e. The Hall–Kier alpha value is -3.73. The van der Waals surface area contributed by atoms with Gasteiger partial charge in [-0.2, -0.15) is 0 Å². The summed E-state index contributed by atoms with van der Waals surface area (Å²) in [5, 5.41) is 0.554. The summed E-state index contributed by atoms with van der Waals surface area (Å²) in [7, 11) is 1.80. The number of nitrogens with zero attached hydrogens (tertiary/aromatic N) is 3. The molecule has 0 N–H and O–H groups in total. The van der Waals surface area contributed by atoms with Gasteiger partial charge in [0, 0.05) is 18.6 Å². The van der Waals surface area contributed by atoms with E-state index in [1.54, 1.807) is 36.0 Å². The number of fused-ring (bicyclic) bond motifs is 3. The van der Waals surface area contributed by atoms with E-state index in [1.165, 1.54) is 4.40 Å². The highest BCUT2D eigenvalue weighted by Gasteiger charge is 2.15. The summed E-state index contributed by atoms with van der Waals surface area (Å²) in [5.74, 6) is 0. The molecule has 130 valence electrons. The van der Waals surface area contributed by atoms with Gasteiger partial charge in [-0.25, -0.2) is 4.98 Å². The summed E-state index contributed by atoms with van der Waals surface area (Å²) >= 11 is 0. The third kappa shape index (κ3) is 2.22. The van der Waals surface area contributed by atoms with Crippen LogP contribution in [0.25, 0.3) is 38.7 Å². The SMILES string of the molecule is Cn1c2ccc(-c3ccccc3)cc2c(=O)c2nc3ccccn3c(=O)c21. The lowest BCUT2D eigenvalue weighted by Crippen LogP contribution is -2.23. The molecule has 5 nitrogen and oxygen atoms in total. The van der Waals surface area contributed by atoms with Crippen molar-refractivity contribution in [1.29, 1.82) is 0 Å². The molecule has 0 unspecified atom stereocenters. The second kappa shape index (κ2) is 5.64. The average Bonchev–Trinajstić information content (AvgIpc) is 2.72. The van der Waals surface area contributed by atoms with Gasteiger partial charge < -0.3 is 4.57 Å². The summed E-state index contributed by atoms with van der Waals surface area (Å²) in [5.41, 5.74) is 3.21. The Bertz CT molecular complexity index is 1460. The van der Waals surface area contributed by atoms with Crippen molar-refractivity contribution < 1.29 is 0 Å². The maximum atomic E-state index is 13.2. The van der Waals surface area contributed by atoms with Gasteiger partial charge in [-0.05, 0) is 35.4 Å². The van der Waals surface area contributed by atoms with Gasteiger partial charge in [0.25, 0.3) is 5.56 Å². The van der Waals surface area contributed by atoms with E-state index in [2.05, 4.69) is 4.98 Å². The van der Waals surface area contributed by atoms with Crippen molar-refractivity contribution in [2.24, 2.45) is 7.05 Å². The summed E-state index contributed by atoms with van der Waals surface area (Å²) in [6, 6.07) is 20.9. The Labute approximate surface area is 153 Å². The van der Waals surface area contributed by atoms with E-state index in [4.69, 9.17) is 0 Å². The van der Waals surface area contributed by atoms with E-state index in [0.717, 1.165) is 11.1 Å². The Morgan fingerprint density at radius 2 is 1.63 bits per heavy atom. The number of aryl methyl sites for hydroxylation is 1. The lowest BCUT2D eigenvalue weighted by atomic mass is 10.0. The van der Waals surface area contributed by atoms with Gasteiger partial charge >= 0.3 is 0 Å². The first kappa shape index (κ1) is 15.5. The molecule has 0 aliphatic heterocycles. The fraction of sp³-hybridized carbons (Fsp3) is 0.0455. The lowest BCUT2D eigenvalue weighted by Gasteiger charge is -2.12. The Balaban J connectivity index is 1.95. The molecule has 3 aromatic heterocycles. The Morgan fingerprint density at radius 3 is 2.44 bits per heavy atom. The van der Waals surface area contributed by atoms with Gasteiger partial charge in [-0.3, -0.25) is 14.0 Å². The minimum absolute atomic E-state index is 0.200. The molecule has 0 radical (unpaired) electrons. The lowest BCUT2D eigenvalue weighted by molar-refractivity contribution is 0.962. The topological polar surface area (TPSA) is 56.4 Å². The molecule has 0 saturated heterocycles. The molecular formula is C22H15N3O2. The number of benzene rings is 2. The highest BCUT2D eigenvalue weighted by molar-refractivity contribution is 5.94. The number of hydrogen-bond acceptors (Lipinski definition) is 3. The molecule has 27 heavy (non-hydrogen) atoms. The van der Waals surface area contributed by atoms with Crippen LogP contribution >= 0.6 is 0 Å². The van der Waals surface area contributed by atoms with Crippen molar-refractivity contribution in [3.05, 3.63) is 93.5 Å². The largest absolute Gasteiger partial charge is 0.338 e. The Kier molecular flexibility index (Phi) is 3.24. The summed E-state index contributed by atoms with van der Waals surface area (Å²) in [6.07, 6.45) is 1.66. The van der Waals surface area contributed by atoms with Crippen molar-refractivity contribution in [2.75, 3.05) is 0 Å². The van der Waals surface area contributed by atoms with Crippen LogP contribution in [0.3, 0.4) is 0 Å². The van der Waals surface area contributed by atoms with Crippen molar-refractivity contribution in [1.82, 2.24) is 14.0 Å². The van der Waals surface area contributed by atoms with Crippen LogP contribution in [0.4, 0.5) is 0 Å². The van der Waals surface area contributed by atoms with E-state index in [0.29, 0.717) is 22.1 Å². The van der Waals surface area contributed by atoms with Crippen LogP contribution in [0.1, 0.15) is 0 Å². The zero-order valence-electron chi connectivity index (χ0n) is 14.6. The predicted molar refractivity (Wildman–Crippen MR) is 107 cm³/mol. The van der Waals surface area contributed by atoms with Gasteiger partial charge in [0.15, 0.2) is 0 Å². The first-order valence-electron chi connectivity index (χ1n) is 8.64. The molecule has 0 fully saturated rings. The van der Waals surface area contributed by atoms with E-state index < -0.39 is 0 Å². The van der Waals surface area contributed by atoms with Crippen LogP contribution in [0.2, 0.25) is 0 Å². The van der Waals surface area contributed by atoms with Crippen LogP contribution < -0.4 is 11.0 Å². The second-order valence-electron chi connectivity index (χ2n) is 6.53. The zero-order chi connectivity index (χ0) is 18.5. The molecule has 5 heteroatoms. The van der Waals surface area contributed by atoms with Crippen LogP contribution in [0.15, 0.2) is 82.5 Å². The molecule has 0 saturated carbocycles.